The molecule has 16 heavy (non-hydrogen) atoms. The average Bonchev–Trinajstić information content (AvgIpc) is 2.26. The van der Waals surface area contributed by atoms with Crippen LogP contribution in [0, 0.1) is 12.8 Å². The Labute approximate surface area is 100 Å². The van der Waals surface area contributed by atoms with E-state index in [4.69, 9.17) is 0 Å². The lowest BCUT2D eigenvalue weighted by Crippen LogP contribution is -2.35. The van der Waals surface area contributed by atoms with E-state index in [0.717, 1.165) is 0 Å². The van der Waals surface area contributed by atoms with E-state index in [0.29, 0.717) is 18.0 Å². The first-order chi connectivity index (χ1) is 7.54. The van der Waals surface area contributed by atoms with Gasteiger partial charge in [-0.1, -0.05) is 50.6 Å². The third-order valence-corrected chi connectivity index (χ3v) is 3.29. The lowest BCUT2D eigenvalue weighted by Gasteiger charge is -2.25. The molecule has 0 aromatic heterocycles. The van der Waals surface area contributed by atoms with Crippen LogP contribution in [0.5, 0.6) is 0 Å². The van der Waals surface area contributed by atoms with Gasteiger partial charge in [0.15, 0.2) is 0 Å². The second kappa shape index (κ2) is 6.05. The summed E-state index contributed by atoms with van der Waals surface area (Å²) in [4.78, 5) is 0. The van der Waals surface area contributed by atoms with Gasteiger partial charge >= 0.3 is 0 Å². The van der Waals surface area contributed by atoms with E-state index in [1.165, 1.54) is 17.5 Å². The first kappa shape index (κ1) is 13.2. The Morgan fingerprint density at radius 1 is 1.06 bits per heavy atom. The van der Waals surface area contributed by atoms with Crippen molar-refractivity contribution in [3.63, 3.8) is 0 Å². The highest BCUT2D eigenvalue weighted by atomic mass is 14.9. The number of nitrogens with one attached hydrogen (secondary N) is 1. The smallest absolute Gasteiger partial charge is 0.0294 e. The largest absolute Gasteiger partial charge is 0.307 e. The predicted octanol–water partition coefficient (Wildman–Crippen LogP) is 4.08. The van der Waals surface area contributed by atoms with E-state index in [9.17, 15) is 0 Å². The number of rotatable bonds is 5. The van der Waals surface area contributed by atoms with Crippen LogP contribution < -0.4 is 5.32 Å². The van der Waals surface area contributed by atoms with Gasteiger partial charge < -0.3 is 5.32 Å². The Kier molecular flexibility index (Phi) is 5.01. The van der Waals surface area contributed by atoms with Gasteiger partial charge in [-0.15, -0.1) is 0 Å². The van der Waals surface area contributed by atoms with Gasteiger partial charge in [-0.2, -0.15) is 0 Å². The van der Waals surface area contributed by atoms with Crippen molar-refractivity contribution in [3.05, 3.63) is 35.4 Å². The summed E-state index contributed by atoms with van der Waals surface area (Å²) in [5.41, 5.74) is 2.71. The minimum atomic E-state index is 0.438. The summed E-state index contributed by atoms with van der Waals surface area (Å²) in [5.74, 6) is 0.692. The molecule has 0 heterocycles. The quantitative estimate of drug-likeness (QED) is 0.787. The summed E-state index contributed by atoms with van der Waals surface area (Å²) >= 11 is 0. The molecule has 1 aromatic carbocycles. The molecule has 0 aliphatic heterocycles. The fourth-order valence-electron chi connectivity index (χ4n) is 2.05. The fourth-order valence-corrected chi connectivity index (χ4v) is 2.05. The van der Waals surface area contributed by atoms with Crippen molar-refractivity contribution >= 4 is 0 Å². The van der Waals surface area contributed by atoms with Crippen LogP contribution in [-0.4, -0.2) is 6.04 Å². The van der Waals surface area contributed by atoms with E-state index in [-0.39, 0.29) is 0 Å². The molecule has 0 saturated heterocycles. The zero-order valence-corrected chi connectivity index (χ0v) is 11.2. The standard InChI is InChI=1S/C15H25N/c1-6-15(11(2)3)16-13(5)14-9-7-12(4)8-10-14/h7-11,13,15-16H,6H2,1-5H3. The zero-order valence-electron chi connectivity index (χ0n) is 11.2. The van der Waals surface area contributed by atoms with Crippen molar-refractivity contribution in [2.24, 2.45) is 5.92 Å². The first-order valence-corrected chi connectivity index (χ1v) is 6.37. The molecule has 1 aromatic rings. The monoisotopic (exact) mass is 219 g/mol. The Morgan fingerprint density at radius 2 is 1.62 bits per heavy atom. The topological polar surface area (TPSA) is 12.0 Å². The van der Waals surface area contributed by atoms with Crippen molar-refractivity contribution in [1.29, 1.82) is 0 Å². The van der Waals surface area contributed by atoms with Crippen molar-refractivity contribution in [2.45, 2.75) is 53.1 Å². The van der Waals surface area contributed by atoms with Crippen LogP contribution in [-0.2, 0) is 0 Å². The van der Waals surface area contributed by atoms with Crippen molar-refractivity contribution in [3.8, 4) is 0 Å². The van der Waals surface area contributed by atoms with Gasteiger partial charge in [-0.25, -0.2) is 0 Å². The highest BCUT2D eigenvalue weighted by Crippen LogP contribution is 2.16. The minimum absolute atomic E-state index is 0.438. The van der Waals surface area contributed by atoms with Crippen LogP contribution >= 0.6 is 0 Å². The summed E-state index contributed by atoms with van der Waals surface area (Å²) in [6.45, 7) is 11.2. The lowest BCUT2D eigenvalue weighted by atomic mass is 9.99. The molecule has 1 heteroatoms. The SMILES string of the molecule is CCC(NC(C)c1ccc(C)cc1)C(C)C. The van der Waals surface area contributed by atoms with Gasteiger partial charge in [-0.3, -0.25) is 0 Å². The molecule has 2 atom stereocenters. The molecule has 90 valence electrons. The Bertz CT molecular complexity index is 300. The van der Waals surface area contributed by atoms with Gasteiger partial charge in [0.1, 0.15) is 0 Å². The van der Waals surface area contributed by atoms with Crippen molar-refractivity contribution in [2.75, 3.05) is 0 Å². The van der Waals surface area contributed by atoms with Gasteiger partial charge in [0.05, 0.1) is 0 Å². The molecule has 1 N–H and O–H groups in total. The van der Waals surface area contributed by atoms with Gasteiger partial charge in [0, 0.05) is 12.1 Å². The summed E-state index contributed by atoms with van der Waals surface area (Å²) < 4.78 is 0. The third-order valence-electron chi connectivity index (χ3n) is 3.29. The average molecular weight is 219 g/mol. The molecule has 1 nitrogen and oxygen atoms in total. The zero-order chi connectivity index (χ0) is 12.1. The number of benzene rings is 1. The Hall–Kier alpha value is -0.820. The molecule has 0 aliphatic rings. The molecule has 2 unspecified atom stereocenters. The van der Waals surface area contributed by atoms with Crippen LogP contribution in [0.15, 0.2) is 24.3 Å². The molecule has 1 rings (SSSR count). The van der Waals surface area contributed by atoms with E-state index >= 15 is 0 Å². The third kappa shape index (κ3) is 3.64. The van der Waals surface area contributed by atoms with E-state index in [1.54, 1.807) is 0 Å². The highest BCUT2D eigenvalue weighted by Gasteiger charge is 2.14. The maximum Gasteiger partial charge on any atom is 0.0294 e. The fraction of sp³-hybridized carbons (Fsp3) is 0.600. The predicted molar refractivity (Wildman–Crippen MR) is 71.6 cm³/mol. The number of hydrogen-bond acceptors (Lipinski definition) is 1. The summed E-state index contributed by atoms with van der Waals surface area (Å²) in [7, 11) is 0. The Morgan fingerprint density at radius 3 is 2.06 bits per heavy atom. The molecular formula is C15H25N. The van der Waals surface area contributed by atoms with Crippen LogP contribution in [0.25, 0.3) is 0 Å². The van der Waals surface area contributed by atoms with E-state index in [1.807, 2.05) is 0 Å². The van der Waals surface area contributed by atoms with Crippen LogP contribution in [0.1, 0.15) is 51.3 Å². The van der Waals surface area contributed by atoms with Crippen LogP contribution in [0.3, 0.4) is 0 Å². The molecule has 0 aliphatic carbocycles. The van der Waals surface area contributed by atoms with Gasteiger partial charge in [0.2, 0.25) is 0 Å². The van der Waals surface area contributed by atoms with Gasteiger partial charge in [-0.05, 0) is 31.7 Å². The second-order valence-electron chi connectivity index (χ2n) is 5.06. The maximum absolute atomic E-state index is 3.70. The van der Waals surface area contributed by atoms with E-state index < -0.39 is 0 Å². The summed E-state index contributed by atoms with van der Waals surface area (Å²) in [5, 5.41) is 3.70. The second-order valence-corrected chi connectivity index (χ2v) is 5.06. The molecular weight excluding hydrogens is 194 g/mol. The molecule has 0 radical (unpaired) electrons. The Balaban J connectivity index is 2.64. The van der Waals surface area contributed by atoms with Crippen LogP contribution in [0.4, 0.5) is 0 Å². The molecule has 0 fully saturated rings. The summed E-state index contributed by atoms with van der Waals surface area (Å²) in [6, 6.07) is 9.86. The molecule has 0 spiro atoms. The molecule has 0 saturated carbocycles. The van der Waals surface area contributed by atoms with Crippen LogP contribution in [0.2, 0.25) is 0 Å². The lowest BCUT2D eigenvalue weighted by molar-refractivity contribution is 0.356. The maximum atomic E-state index is 3.70. The molecule has 0 bridgehead atoms. The first-order valence-electron chi connectivity index (χ1n) is 6.37. The van der Waals surface area contributed by atoms with Crippen molar-refractivity contribution in [1.82, 2.24) is 5.32 Å². The normalized spacial score (nSPS) is 15.1. The van der Waals surface area contributed by atoms with Crippen molar-refractivity contribution < 1.29 is 0 Å². The summed E-state index contributed by atoms with van der Waals surface area (Å²) in [6.07, 6.45) is 1.19. The van der Waals surface area contributed by atoms with Gasteiger partial charge in [0.25, 0.3) is 0 Å². The number of aryl methyl sites for hydroxylation is 1. The highest BCUT2D eigenvalue weighted by molar-refractivity contribution is 5.23. The minimum Gasteiger partial charge on any atom is -0.307 e. The van der Waals surface area contributed by atoms with E-state index in [2.05, 4.69) is 64.2 Å². The molecule has 0 amide bonds. The number of hydrogen-bond donors (Lipinski definition) is 1.